The average molecular weight is 400 g/mol. The van der Waals surface area contributed by atoms with E-state index < -0.39 is 5.60 Å². The number of aromatic nitrogens is 2. The van der Waals surface area contributed by atoms with Crippen LogP contribution < -0.4 is 10.2 Å². The van der Waals surface area contributed by atoms with Gasteiger partial charge in [-0.05, 0) is 55.8 Å². The molecule has 0 spiro atoms. The van der Waals surface area contributed by atoms with Crippen LogP contribution in [-0.4, -0.2) is 15.3 Å². The van der Waals surface area contributed by atoms with E-state index in [0.29, 0.717) is 6.54 Å². The minimum absolute atomic E-state index is 0.182. The van der Waals surface area contributed by atoms with Crippen molar-refractivity contribution in [2.45, 2.75) is 26.0 Å². The molecule has 0 aliphatic rings. The van der Waals surface area contributed by atoms with Gasteiger partial charge in [-0.15, -0.1) is 5.10 Å². The molecule has 6 nitrogen and oxygen atoms in total. The molecular weight excluding hydrogens is 376 g/mol. The summed E-state index contributed by atoms with van der Waals surface area (Å²) in [4.78, 5) is 2.21. The van der Waals surface area contributed by atoms with Crippen molar-refractivity contribution < 1.29 is 9.52 Å². The summed E-state index contributed by atoms with van der Waals surface area (Å²) < 4.78 is 5.46. The van der Waals surface area contributed by atoms with Gasteiger partial charge in [0.2, 0.25) is 5.89 Å². The zero-order chi connectivity index (χ0) is 21.0. The summed E-state index contributed by atoms with van der Waals surface area (Å²) in [5.74, 6) is 0.182. The quantitative estimate of drug-likeness (QED) is 0.434. The third-order valence-electron chi connectivity index (χ3n) is 4.62. The number of para-hydroxylation sites is 2. The average Bonchev–Trinajstić information content (AvgIpc) is 3.25. The van der Waals surface area contributed by atoms with E-state index in [1.807, 2.05) is 36.4 Å². The maximum absolute atomic E-state index is 9.93. The van der Waals surface area contributed by atoms with E-state index in [1.54, 1.807) is 13.8 Å². The Kier molecular flexibility index (Phi) is 5.50. The van der Waals surface area contributed by atoms with Crippen LogP contribution in [0.4, 0.5) is 23.1 Å². The number of anilines is 4. The summed E-state index contributed by atoms with van der Waals surface area (Å²) in [6.07, 6.45) is 0. The van der Waals surface area contributed by atoms with E-state index in [1.165, 1.54) is 0 Å². The van der Waals surface area contributed by atoms with Crippen molar-refractivity contribution in [3.8, 4) is 0 Å². The SMILES string of the molecule is CC(C)(O)c1nnc(NCc2ccc(N(c3ccccc3)c3ccccc3)cc2)o1. The van der Waals surface area contributed by atoms with Gasteiger partial charge in [-0.2, -0.15) is 0 Å². The van der Waals surface area contributed by atoms with Crippen LogP contribution in [0.3, 0.4) is 0 Å². The van der Waals surface area contributed by atoms with Gasteiger partial charge in [-0.25, -0.2) is 0 Å². The van der Waals surface area contributed by atoms with Crippen LogP contribution in [-0.2, 0) is 12.1 Å². The molecule has 0 amide bonds. The van der Waals surface area contributed by atoms with E-state index in [0.717, 1.165) is 22.6 Å². The Morgan fingerprint density at radius 1 is 0.800 bits per heavy atom. The summed E-state index contributed by atoms with van der Waals surface area (Å²) >= 11 is 0. The normalized spacial score (nSPS) is 11.3. The standard InChI is InChI=1S/C24H24N4O2/c1-24(2,29)22-26-27-23(30-22)25-17-18-13-15-21(16-14-18)28(19-9-5-3-6-10-19)20-11-7-4-8-12-20/h3-16,29H,17H2,1-2H3,(H,25,27). The first kappa shape index (κ1) is 19.7. The van der Waals surface area contributed by atoms with Gasteiger partial charge in [0.05, 0.1) is 0 Å². The molecule has 0 radical (unpaired) electrons. The molecule has 2 N–H and O–H groups in total. The second-order valence-corrected chi connectivity index (χ2v) is 7.50. The Morgan fingerprint density at radius 2 is 1.33 bits per heavy atom. The molecule has 0 saturated carbocycles. The van der Waals surface area contributed by atoms with Crippen molar-refractivity contribution in [2.24, 2.45) is 0 Å². The zero-order valence-electron chi connectivity index (χ0n) is 17.0. The lowest BCUT2D eigenvalue weighted by atomic mass is 10.1. The topological polar surface area (TPSA) is 74.4 Å². The molecule has 1 aromatic heterocycles. The van der Waals surface area contributed by atoms with Crippen molar-refractivity contribution in [1.82, 2.24) is 10.2 Å². The number of rotatable bonds is 7. The Labute approximate surface area is 175 Å². The van der Waals surface area contributed by atoms with Gasteiger partial charge in [0.1, 0.15) is 5.60 Å². The van der Waals surface area contributed by atoms with E-state index in [-0.39, 0.29) is 11.9 Å². The number of aliphatic hydroxyl groups is 1. The Balaban J connectivity index is 1.52. The fraction of sp³-hybridized carbons (Fsp3) is 0.167. The molecule has 0 fully saturated rings. The molecule has 152 valence electrons. The predicted molar refractivity (Wildman–Crippen MR) is 118 cm³/mol. The van der Waals surface area contributed by atoms with Crippen LogP contribution in [0.1, 0.15) is 25.3 Å². The van der Waals surface area contributed by atoms with E-state index in [4.69, 9.17) is 4.42 Å². The molecule has 0 unspecified atom stereocenters. The zero-order valence-corrected chi connectivity index (χ0v) is 17.0. The van der Waals surface area contributed by atoms with Crippen LogP contribution in [0.25, 0.3) is 0 Å². The fourth-order valence-corrected chi connectivity index (χ4v) is 3.08. The fourth-order valence-electron chi connectivity index (χ4n) is 3.08. The number of hydrogen-bond acceptors (Lipinski definition) is 6. The van der Waals surface area contributed by atoms with Gasteiger partial charge in [0.25, 0.3) is 0 Å². The lowest BCUT2D eigenvalue weighted by molar-refractivity contribution is 0.0489. The van der Waals surface area contributed by atoms with Gasteiger partial charge < -0.3 is 19.7 Å². The van der Waals surface area contributed by atoms with Gasteiger partial charge >= 0.3 is 6.01 Å². The highest BCUT2D eigenvalue weighted by Gasteiger charge is 2.23. The highest BCUT2D eigenvalue weighted by Crippen LogP contribution is 2.34. The van der Waals surface area contributed by atoms with Crippen LogP contribution in [0.5, 0.6) is 0 Å². The Hall–Kier alpha value is -3.64. The molecule has 3 aromatic carbocycles. The molecule has 0 aliphatic carbocycles. The van der Waals surface area contributed by atoms with Crippen molar-refractivity contribution in [3.63, 3.8) is 0 Å². The van der Waals surface area contributed by atoms with Crippen molar-refractivity contribution in [3.05, 3.63) is 96.4 Å². The van der Waals surface area contributed by atoms with Crippen molar-refractivity contribution in [2.75, 3.05) is 10.2 Å². The van der Waals surface area contributed by atoms with E-state index in [2.05, 4.69) is 68.9 Å². The highest BCUT2D eigenvalue weighted by atomic mass is 16.4. The molecule has 0 atom stereocenters. The van der Waals surface area contributed by atoms with Gasteiger partial charge in [0, 0.05) is 23.6 Å². The smallest absolute Gasteiger partial charge is 0.315 e. The number of nitrogens with one attached hydrogen (secondary N) is 1. The molecule has 4 aromatic rings. The van der Waals surface area contributed by atoms with E-state index in [9.17, 15) is 5.11 Å². The van der Waals surface area contributed by atoms with Crippen molar-refractivity contribution >= 4 is 23.1 Å². The first-order valence-electron chi connectivity index (χ1n) is 9.80. The van der Waals surface area contributed by atoms with Gasteiger partial charge in [0.15, 0.2) is 0 Å². The Bertz CT molecular complexity index is 1030. The van der Waals surface area contributed by atoms with Gasteiger partial charge in [-0.1, -0.05) is 53.6 Å². The highest BCUT2D eigenvalue weighted by molar-refractivity contribution is 5.76. The van der Waals surface area contributed by atoms with Crippen LogP contribution in [0.2, 0.25) is 0 Å². The third kappa shape index (κ3) is 4.50. The van der Waals surface area contributed by atoms with Crippen LogP contribution in [0, 0.1) is 0 Å². The summed E-state index contributed by atoms with van der Waals surface area (Å²) in [5, 5.41) is 20.8. The minimum atomic E-state index is -1.16. The molecule has 1 heterocycles. The number of benzene rings is 3. The molecule has 6 heteroatoms. The number of hydrogen-bond donors (Lipinski definition) is 2. The lowest BCUT2D eigenvalue weighted by Crippen LogP contribution is -2.15. The molecule has 0 aliphatic heterocycles. The maximum atomic E-state index is 9.93. The monoisotopic (exact) mass is 400 g/mol. The van der Waals surface area contributed by atoms with E-state index >= 15 is 0 Å². The molecular formula is C24H24N4O2. The molecule has 30 heavy (non-hydrogen) atoms. The lowest BCUT2D eigenvalue weighted by Gasteiger charge is -2.25. The second kappa shape index (κ2) is 8.39. The Morgan fingerprint density at radius 3 is 1.83 bits per heavy atom. The third-order valence-corrected chi connectivity index (χ3v) is 4.62. The van der Waals surface area contributed by atoms with Gasteiger partial charge in [-0.3, -0.25) is 0 Å². The van der Waals surface area contributed by atoms with Crippen LogP contribution >= 0.6 is 0 Å². The maximum Gasteiger partial charge on any atom is 0.315 e. The van der Waals surface area contributed by atoms with Crippen LogP contribution in [0.15, 0.2) is 89.3 Å². The second-order valence-electron chi connectivity index (χ2n) is 7.50. The summed E-state index contributed by atoms with van der Waals surface area (Å²) in [5.41, 5.74) is 3.17. The first-order chi connectivity index (χ1) is 14.5. The number of nitrogens with zero attached hydrogens (tertiary/aromatic N) is 3. The largest absolute Gasteiger partial charge is 0.405 e. The summed E-state index contributed by atoms with van der Waals surface area (Å²) in [7, 11) is 0. The molecule has 4 rings (SSSR count). The first-order valence-corrected chi connectivity index (χ1v) is 9.80. The van der Waals surface area contributed by atoms with Crippen molar-refractivity contribution in [1.29, 1.82) is 0 Å². The molecule has 0 saturated heterocycles. The summed E-state index contributed by atoms with van der Waals surface area (Å²) in [6.45, 7) is 3.74. The predicted octanol–water partition coefficient (Wildman–Crippen LogP) is 5.38. The minimum Gasteiger partial charge on any atom is -0.405 e. The summed E-state index contributed by atoms with van der Waals surface area (Å²) in [6, 6.07) is 29.2. The molecule has 0 bridgehead atoms.